The second kappa shape index (κ2) is 8.92. The number of carbonyl (C=O) groups excluding carboxylic acids is 1. The second-order valence-corrected chi connectivity index (χ2v) is 10.8. The molecule has 1 amide bonds. The summed E-state index contributed by atoms with van der Waals surface area (Å²) in [6.07, 6.45) is 8.07. The van der Waals surface area contributed by atoms with E-state index in [9.17, 15) is 14.7 Å². The minimum atomic E-state index is -0.970. The summed E-state index contributed by atoms with van der Waals surface area (Å²) >= 11 is 1.19. The first-order chi connectivity index (χ1) is 13.7. The first-order valence-electron chi connectivity index (χ1n) is 10.9. The van der Waals surface area contributed by atoms with Gasteiger partial charge < -0.3 is 10.0 Å². The van der Waals surface area contributed by atoms with Crippen molar-refractivity contribution in [1.29, 1.82) is 0 Å². The van der Waals surface area contributed by atoms with Gasteiger partial charge in [0.1, 0.15) is 4.88 Å². The van der Waals surface area contributed by atoms with E-state index in [0.717, 1.165) is 56.2 Å². The molecular formula is C24H33NO3S. The Balaban J connectivity index is 1.98. The molecule has 1 aromatic heterocycles. The molecule has 2 saturated carbocycles. The third-order valence-electron chi connectivity index (χ3n) is 6.02. The molecule has 0 radical (unpaired) electrons. The van der Waals surface area contributed by atoms with Gasteiger partial charge in [0.15, 0.2) is 0 Å². The fourth-order valence-corrected chi connectivity index (χ4v) is 5.23. The molecule has 0 aliphatic heterocycles. The molecule has 2 fully saturated rings. The van der Waals surface area contributed by atoms with Gasteiger partial charge in [0, 0.05) is 17.4 Å². The van der Waals surface area contributed by atoms with Gasteiger partial charge in [0.2, 0.25) is 5.91 Å². The summed E-state index contributed by atoms with van der Waals surface area (Å²) in [4.78, 5) is 28.4. The molecule has 3 rings (SSSR count). The lowest BCUT2D eigenvalue weighted by Crippen LogP contribution is -2.44. The summed E-state index contributed by atoms with van der Waals surface area (Å²) < 4.78 is 0. The van der Waals surface area contributed by atoms with Crippen LogP contribution in [0.25, 0.3) is 0 Å². The predicted octanol–water partition coefficient (Wildman–Crippen LogP) is 5.95. The topological polar surface area (TPSA) is 57.6 Å². The van der Waals surface area contributed by atoms with Crippen LogP contribution in [0.5, 0.6) is 0 Å². The maximum absolute atomic E-state index is 13.6. The van der Waals surface area contributed by atoms with E-state index >= 15 is 0 Å². The molecule has 158 valence electrons. The molecule has 0 aromatic carbocycles. The maximum atomic E-state index is 13.6. The lowest BCUT2D eigenvalue weighted by Gasteiger charge is -2.34. The first-order valence-corrected chi connectivity index (χ1v) is 11.7. The number of carboxylic acids is 1. The van der Waals surface area contributed by atoms with E-state index < -0.39 is 5.97 Å². The van der Waals surface area contributed by atoms with E-state index in [4.69, 9.17) is 0 Å². The number of anilines is 1. The predicted molar refractivity (Wildman–Crippen MR) is 118 cm³/mol. The van der Waals surface area contributed by atoms with Crippen LogP contribution in [-0.4, -0.2) is 23.0 Å². The molecule has 1 N–H and O–H groups in total. The van der Waals surface area contributed by atoms with Crippen LogP contribution in [0.2, 0.25) is 0 Å². The Hall–Kier alpha value is -1.80. The molecule has 1 aromatic rings. The van der Waals surface area contributed by atoms with Crippen LogP contribution in [0, 0.1) is 29.1 Å². The summed E-state index contributed by atoms with van der Waals surface area (Å²) in [5.41, 5.74) is 0.407. The van der Waals surface area contributed by atoms with Crippen molar-refractivity contribution >= 4 is 28.9 Å². The Labute approximate surface area is 178 Å². The van der Waals surface area contributed by atoms with E-state index in [1.165, 1.54) is 11.3 Å². The second-order valence-electron chi connectivity index (χ2n) is 9.73. The molecule has 0 spiro atoms. The van der Waals surface area contributed by atoms with E-state index in [1.54, 1.807) is 0 Å². The van der Waals surface area contributed by atoms with E-state index in [1.807, 2.05) is 31.7 Å². The molecule has 5 heteroatoms. The van der Waals surface area contributed by atoms with E-state index in [-0.39, 0.29) is 28.2 Å². The van der Waals surface area contributed by atoms with Crippen molar-refractivity contribution in [2.75, 3.05) is 4.90 Å². The molecule has 2 aliphatic carbocycles. The maximum Gasteiger partial charge on any atom is 0.348 e. The van der Waals surface area contributed by atoms with Crippen LogP contribution >= 0.6 is 11.3 Å². The molecule has 0 saturated heterocycles. The van der Waals surface area contributed by atoms with Crippen molar-refractivity contribution in [3.8, 4) is 11.8 Å². The number of nitrogens with zero attached hydrogens (tertiary/aromatic N) is 1. The molecule has 2 aliphatic rings. The minimum Gasteiger partial charge on any atom is -0.477 e. The van der Waals surface area contributed by atoms with Crippen LogP contribution in [0.4, 0.5) is 5.69 Å². The highest BCUT2D eigenvalue weighted by Gasteiger charge is 2.36. The van der Waals surface area contributed by atoms with Crippen molar-refractivity contribution < 1.29 is 14.7 Å². The van der Waals surface area contributed by atoms with Crippen LogP contribution in [0.1, 0.15) is 93.6 Å². The molecule has 4 nitrogen and oxygen atoms in total. The zero-order valence-corrected chi connectivity index (χ0v) is 18.9. The van der Waals surface area contributed by atoms with Gasteiger partial charge in [0.05, 0.1) is 10.6 Å². The highest BCUT2D eigenvalue weighted by atomic mass is 32.1. The summed E-state index contributed by atoms with van der Waals surface area (Å²) in [5.74, 6) is 6.17. The normalized spacial score (nSPS) is 22.8. The smallest absolute Gasteiger partial charge is 0.348 e. The Bertz CT molecular complexity index is 809. The molecule has 0 atom stereocenters. The number of hydrogen-bond acceptors (Lipinski definition) is 3. The van der Waals surface area contributed by atoms with Crippen molar-refractivity contribution in [3.05, 3.63) is 15.8 Å². The summed E-state index contributed by atoms with van der Waals surface area (Å²) in [6.45, 7) is 8.35. The fourth-order valence-electron chi connectivity index (χ4n) is 4.39. The van der Waals surface area contributed by atoms with Crippen molar-refractivity contribution in [2.24, 2.45) is 17.3 Å². The van der Waals surface area contributed by atoms with Crippen molar-refractivity contribution in [2.45, 2.75) is 85.1 Å². The molecule has 0 bridgehead atoms. The van der Waals surface area contributed by atoms with Gasteiger partial charge in [-0.3, -0.25) is 4.79 Å². The number of carbonyl (C=O) groups is 2. The Morgan fingerprint density at radius 3 is 2.28 bits per heavy atom. The zero-order valence-electron chi connectivity index (χ0n) is 18.1. The molecule has 0 unspecified atom stereocenters. The standard InChI is InChI=1S/C24H33NO3S/c1-16-9-11-17(12-10-16)22(26)25(18-7-5-6-8-18)20-15-19(13-14-24(2,3)4)29-21(20)23(27)28/h15-18H,5-12H2,1-4H3,(H,27,28). The van der Waals surface area contributed by atoms with Gasteiger partial charge >= 0.3 is 5.97 Å². The van der Waals surface area contributed by atoms with Crippen molar-refractivity contribution in [3.63, 3.8) is 0 Å². The molecule has 1 heterocycles. The van der Waals surface area contributed by atoms with Crippen LogP contribution in [-0.2, 0) is 4.79 Å². The van der Waals surface area contributed by atoms with Crippen LogP contribution < -0.4 is 4.90 Å². The van der Waals surface area contributed by atoms with Gasteiger partial charge in [-0.1, -0.05) is 31.6 Å². The number of hydrogen-bond donors (Lipinski definition) is 1. The Morgan fingerprint density at radius 1 is 1.10 bits per heavy atom. The average molecular weight is 416 g/mol. The molecule has 29 heavy (non-hydrogen) atoms. The van der Waals surface area contributed by atoms with E-state index in [0.29, 0.717) is 11.6 Å². The highest BCUT2D eigenvalue weighted by molar-refractivity contribution is 7.15. The number of amides is 1. The Kier molecular flexibility index (Phi) is 6.73. The summed E-state index contributed by atoms with van der Waals surface area (Å²) in [6, 6.07) is 1.95. The lowest BCUT2D eigenvalue weighted by atomic mass is 9.82. The van der Waals surface area contributed by atoms with Crippen LogP contribution in [0.15, 0.2) is 6.07 Å². The summed E-state index contributed by atoms with van der Waals surface area (Å²) in [5, 5.41) is 9.85. The summed E-state index contributed by atoms with van der Waals surface area (Å²) in [7, 11) is 0. The van der Waals surface area contributed by atoms with Gasteiger partial charge in [0.25, 0.3) is 0 Å². The van der Waals surface area contributed by atoms with Gasteiger partial charge in [-0.25, -0.2) is 4.79 Å². The monoisotopic (exact) mass is 415 g/mol. The van der Waals surface area contributed by atoms with E-state index in [2.05, 4.69) is 18.8 Å². The number of rotatable bonds is 4. The van der Waals surface area contributed by atoms with Crippen LogP contribution in [0.3, 0.4) is 0 Å². The lowest BCUT2D eigenvalue weighted by molar-refractivity contribution is -0.124. The van der Waals surface area contributed by atoms with Crippen molar-refractivity contribution in [1.82, 2.24) is 0 Å². The number of aromatic carboxylic acids is 1. The third kappa shape index (κ3) is 5.42. The quantitative estimate of drug-likeness (QED) is 0.619. The first kappa shape index (κ1) is 21.9. The average Bonchev–Trinajstić information content (AvgIpc) is 3.31. The Morgan fingerprint density at radius 2 is 1.72 bits per heavy atom. The minimum absolute atomic E-state index is 0.0115. The number of carboxylic acid groups (broad SMARTS) is 1. The molecular weight excluding hydrogens is 382 g/mol. The zero-order chi connectivity index (χ0) is 21.2. The number of thiophene rings is 1. The van der Waals surface area contributed by atoms with Gasteiger partial charge in [-0.2, -0.15) is 0 Å². The SMILES string of the molecule is CC1CCC(C(=O)N(c2cc(C#CC(C)(C)C)sc2C(=O)O)C2CCCC2)CC1. The largest absolute Gasteiger partial charge is 0.477 e. The van der Waals surface area contributed by atoms with Gasteiger partial charge in [-0.05, 0) is 71.3 Å². The fraction of sp³-hybridized carbons (Fsp3) is 0.667. The van der Waals surface area contributed by atoms with Gasteiger partial charge in [-0.15, -0.1) is 11.3 Å². The third-order valence-corrected chi connectivity index (χ3v) is 7.05. The highest BCUT2D eigenvalue weighted by Crippen LogP contribution is 2.39.